The molecule has 0 unspecified atom stereocenters. The Morgan fingerprint density at radius 2 is 1.79 bits per heavy atom. The van der Waals surface area contributed by atoms with E-state index in [0.717, 1.165) is 31.9 Å². The van der Waals surface area contributed by atoms with E-state index in [4.69, 9.17) is 5.11 Å². The van der Waals surface area contributed by atoms with Gasteiger partial charge in [-0.1, -0.05) is 18.2 Å². The second kappa shape index (κ2) is 8.19. The zero-order valence-electron chi connectivity index (χ0n) is 16.4. The largest absolute Gasteiger partial charge is 0.395 e. The van der Waals surface area contributed by atoms with Crippen molar-refractivity contribution >= 4 is 15.6 Å². The highest BCUT2D eigenvalue weighted by molar-refractivity contribution is 7.90. The third-order valence-electron chi connectivity index (χ3n) is 5.30. The summed E-state index contributed by atoms with van der Waals surface area (Å²) in [6.07, 6.45) is 4.82. The lowest BCUT2D eigenvalue weighted by Gasteiger charge is -2.34. The first kappa shape index (κ1) is 20.0. The van der Waals surface area contributed by atoms with Crippen molar-refractivity contribution in [1.82, 2.24) is 24.2 Å². The van der Waals surface area contributed by atoms with Gasteiger partial charge in [0.15, 0.2) is 9.84 Å². The summed E-state index contributed by atoms with van der Waals surface area (Å²) in [5, 5.41) is 9.14. The lowest BCUT2D eigenvalue weighted by Crippen LogP contribution is -2.46. The average Bonchev–Trinajstić information content (AvgIpc) is 3.07. The van der Waals surface area contributed by atoms with Crippen LogP contribution in [0.1, 0.15) is 5.69 Å². The van der Waals surface area contributed by atoms with E-state index < -0.39 is 9.84 Å². The van der Waals surface area contributed by atoms with Crippen LogP contribution in [0.15, 0.2) is 47.6 Å². The minimum Gasteiger partial charge on any atom is -0.395 e. The minimum absolute atomic E-state index is 0.172. The minimum atomic E-state index is -3.40. The third kappa shape index (κ3) is 4.18. The van der Waals surface area contributed by atoms with Crippen LogP contribution in [0.2, 0.25) is 0 Å². The van der Waals surface area contributed by atoms with Gasteiger partial charge in [-0.15, -0.1) is 0 Å². The highest BCUT2D eigenvalue weighted by Gasteiger charge is 2.24. The van der Waals surface area contributed by atoms with Crippen LogP contribution in [0.4, 0.5) is 0 Å². The Hall–Kier alpha value is -2.33. The average molecular weight is 416 g/mol. The van der Waals surface area contributed by atoms with Crippen molar-refractivity contribution in [2.45, 2.75) is 11.4 Å². The Balaban J connectivity index is 1.74. The maximum absolute atomic E-state index is 12.4. The normalized spacial score (nSPS) is 16.5. The molecule has 2 aromatic heterocycles. The number of imidazole rings is 1. The Morgan fingerprint density at radius 1 is 1.07 bits per heavy atom. The molecule has 0 aliphatic carbocycles. The fourth-order valence-corrected chi connectivity index (χ4v) is 4.70. The number of β-amino-alcohol motifs (C(OH)–C–C–N with tert-alkyl or cyclic N) is 1. The summed E-state index contributed by atoms with van der Waals surface area (Å²) in [7, 11) is -3.40. The molecule has 0 atom stereocenters. The van der Waals surface area contributed by atoms with Gasteiger partial charge in [0.05, 0.1) is 22.9 Å². The van der Waals surface area contributed by atoms with Crippen molar-refractivity contribution in [2.24, 2.45) is 0 Å². The Labute approximate surface area is 170 Å². The van der Waals surface area contributed by atoms with Crippen LogP contribution in [0, 0.1) is 0 Å². The van der Waals surface area contributed by atoms with Crippen LogP contribution in [0.3, 0.4) is 0 Å². The van der Waals surface area contributed by atoms with Gasteiger partial charge in [-0.25, -0.2) is 18.4 Å². The van der Waals surface area contributed by atoms with Gasteiger partial charge in [0.2, 0.25) is 5.78 Å². The van der Waals surface area contributed by atoms with Crippen molar-refractivity contribution < 1.29 is 13.5 Å². The lowest BCUT2D eigenvalue weighted by atomic mass is 10.1. The van der Waals surface area contributed by atoms with Crippen molar-refractivity contribution in [3.8, 4) is 11.3 Å². The number of sulfone groups is 1. The van der Waals surface area contributed by atoms with Crippen molar-refractivity contribution in [1.29, 1.82) is 0 Å². The number of aromatic nitrogens is 3. The second-order valence-electron chi connectivity index (χ2n) is 7.31. The molecule has 1 N–H and O–H groups in total. The van der Waals surface area contributed by atoms with Crippen LogP contribution in [0.5, 0.6) is 0 Å². The number of piperazine rings is 1. The summed E-state index contributed by atoms with van der Waals surface area (Å²) in [4.78, 5) is 13.9. The van der Waals surface area contributed by atoms with Crippen LogP contribution in [0.25, 0.3) is 17.0 Å². The molecule has 3 heterocycles. The van der Waals surface area contributed by atoms with Crippen LogP contribution in [-0.4, -0.2) is 83.3 Å². The van der Waals surface area contributed by atoms with Gasteiger partial charge in [0.1, 0.15) is 0 Å². The number of aliphatic hydroxyl groups excluding tert-OH is 1. The summed E-state index contributed by atoms with van der Waals surface area (Å²) >= 11 is 0. The number of rotatable bonds is 6. The highest BCUT2D eigenvalue weighted by Crippen LogP contribution is 2.30. The molecular formula is C20H25N5O3S. The van der Waals surface area contributed by atoms with Gasteiger partial charge >= 0.3 is 0 Å². The van der Waals surface area contributed by atoms with Crippen molar-refractivity contribution in [3.05, 3.63) is 48.4 Å². The molecular weight excluding hydrogens is 390 g/mol. The molecule has 154 valence electrons. The molecule has 0 amide bonds. The van der Waals surface area contributed by atoms with E-state index in [1.165, 1.54) is 6.26 Å². The van der Waals surface area contributed by atoms with E-state index >= 15 is 0 Å². The van der Waals surface area contributed by atoms with E-state index in [0.29, 0.717) is 30.1 Å². The molecule has 8 nitrogen and oxygen atoms in total. The first-order valence-corrected chi connectivity index (χ1v) is 11.5. The number of aliphatic hydroxyl groups is 1. The Bertz CT molecular complexity index is 1100. The van der Waals surface area contributed by atoms with Crippen molar-refractivity contribution in [3.63, 3.8) is 0 Å². The van der Waals surface area contributed by atoms with E-state index in [-0.39, 0.29) is 11.5 Å². The zero-order chi connectivity index (χ0) is 20.4. The fourth-order valence-electron chi connectivity index (χ4n) is 3.81. The monoisotopic (exact) mass is 415 g/mol. The number of benzene rings is 1. The summed E-state index contributed by atoms with van der Waals surface area (Å²) in [6.45, 7) is 5.05. The number of hydrogen-bond acceptors (Lipinski definition) is 7. The lowest BCUT2D eigenvalue weighted by molar-refractivity contribution is 0.107. The van der Waals surface area contributed by atoms with E-state index in [2.05, 4.69) is 19.8 Å². The van der Waals surface area contributed by atoms with Gasteiger partial charge in [-0.3, -0.25) is 14.2 Å². The molecule has 4 rings (SSSR count). The molecule has 29 heavy (non-hydrogen) atoms. The first-order valence-electron chi connectivity index (χ1n) is 9.64. The predicted octanol–water partition coefficient (Wildman–Crippen LogP) is 0.910. The van der Waals surface area contributed by atoms with E-state index in [1.54, 1.807) is 24.4 Å². The summed E-state index contributed by atoms with van der Waals surface area (Å²) < 4.78 is 26.6. The maximum Gasteiger partial charge on any atom is 0.234 e. The van der Waals surface area contributed by atoms with Crippen LogP contribution >= 0.6 is 0 Å². The van der Waals surface area contributed by atoms with Crippen LogP contribution in [-0.2, 0) is 16.4 Å². The maximum atomic E-state index is 12.4. The zero-order valence-corrected chi connectivity index (χ0v) is 17.2. The molecule has 0 bridgehead atoms. The fraction of sp³-hybridized carbons (Fsp3) is 0.400. The van der Waals surface area contributed by atoms with E-state index in [9.17, 15) is 8.42 Å². The number of hydrogen-bond donors (Lipinski definition) is 1. The molecule has 1 aliphatic heterocycles. The van der Waals surface area contributed by atoms with Gasteiger partial charge in [-0.05, 0) is 12.1 Å². The molecule has 1 aliphatic rings. The molecule has 1 saturated heterocycles. The van der Waals surface area contributed by atoms with Crippen LogP contribution < -0.4 is 0 Å². The van der Waals surface area contributed by atoms with E-state index in [1.807, 2.05) is 22.7 Å². The summed E-state index contributed by atoms with van der Waals surface area (Å²) in [5.41, 5.74) is 2.19. The molecule has 0 radical (unpaired) electrons. The number of nitrogens with zero attached hydrogens (tertiary/aromatic N) is 5. The van der Waals surface area contributed by atoms with Gasteiger partial charge in [-0.2, -0.15) is 0 Å². The smallest absolute Gasteiger partial charge is 0.234 e. The quantitative estimate of drug-likeness (QED) is 0.640. The summed E-state index contributed by atoms with van der Waals surface area (Å²) in [6, 6.07) is 8.84. The van der Waals surface area contributed by atoms with Gasteiger partial charge < -0.3 is 5.11 Å². The molecule has 3 aromatic rings. The molecule has 0 saturated carbocycles. The molecule has 1 fully saturated rings. The molecule has 0 spiro atoms. The SMILES string of the molecule is CS(=O)(=O)c1ccccc1-c1nc2ncccn2c1CN1CCN(CCO)CC1. The number of fused-ring (bicyclic) bond motifs is 1. The molecule has 9 heteroatoms. The van der Waals surface area contributed by atoms with Gasteiger partial charge in [0, 0.05) is 63.5 Å². The topological polar surface area (TPSA) is 91.0 Å². The first-order chi connectivity index (χ1) is 14.0. The third-order valence-corrected chi connectivity index (χ3v) is 6.45. The van der Waals surface area contributed by atoms with Gasteiger partial charge in [0.25, 0.3) is 0 Å². The predicted molar refractivity (Wildman–Crippen MR) is 110 cm³/mol. The Morgan fingerprint density at radius 3 is 2.52 bits per heavy atom. The second-order valence-corrected chi connectivity index (χ2v) is 9.29. The standard InChI is InChI=1S/C20H25N5O3S/c1-29(27,28)18-6-3-2-5-16(18)19-17(25-8-4-7-21-20(25)22-19)15-24-11-9-23(10-12-24)13-14-26/h2-8,26H,9-15H2,1H3. The van der Waals surface area contributed by atoms with Crippen molar-refractivity contribution in [2.75, 3.05) is 45.6 Å². The summed E-state index contributed by atoms with van der Waals surface area (Å²) in [5.74, 6) is 0.555. The molecule has 1 aromatic carbocycles. The Kier molecular flexibility index (Phi) is 5.64. The highest BCUT2D eigenvalue weighted by atomic mass is 32.2.